The molecule has 3 heteroatoms. The Labute approximate surface area is 283 Å². The van der Waals surface area contributed by atoms with Gasteiger partial charge in [-0.15, -0.1) is 0 Å². The van der Waals surface area contributed by atoms with Gasteiger partial charge in [0, 0.05) is 0 Å². The van der Waals surface area contributed by atoms with Crippen molar-refractivity contribution in [2.45, 2.75) is 176 Å². The Morgan fingerprint density at radius 2 is 1.11 bits per heavy atom. The van der Waals surface area contributed by atoms with Gasteiger partial charge < -0.3 is 0 Å². The van der Waals surface area contributed by atoms with Gasteiger partial charge in [-0.3, -0.25) is 0 Å². The molecule has 1 aliphatic rings. The number of hydrogen-bond acceptors (Lipinski definition) is 1. The second kappa shape index (κ2) is 13.0. The van der Waals surface area contributed by atoms with E-state index in [1.54, 1.807) is 8.52 Å². The molecule has 0 radical (unpaired) electrons. The molecule has 1 fully saturated rings. The van der Waals surface area contributed by atoms with E-state index in [0.29, 0.717) is 17.8 Å². The first-order chi connectivity index (χ1) is 20.3. The van der Waals surface area contributed by atoms with Crippen molar-refractivity contribution in [2.24, 2.45) is 0 Å². The number of benzene rings is 2. The predicted molar refractivity (Wildman–Crippen MR) is 208 cm³/mol. The number of rotatable bonds is 6. The van der Waals surface area contributed by atoms with Crippen molar-refractivity contribution in [3.8, 4) is 0 Å². The molecular weight excluding hydrogens is 624 g/mol. The van der Waals surface area contributed by atoms with E-state index in [2.05, 4.69) is 168 Å². The zero-order chi connectivity index (χ0) is 34.7. The van der Waals surface area contributed by atoms with Crippen LogP contribution < -0.4 is 9.70 Å². The summed E-state index contributed by atoms with van der Waals surface area (Å²) in [4.78, 5) is 0. The second-order valence-electron chi connectivity index (χ2n) is 18.7. The molecule has 2 atom stereocenters. The van der Waals surface area contributed by atoms with Crippen LogP contribution in [-0.2, 0) is 20.0 Å². The van der Waals surface area contributed by atoms with Gasteiger partial charge >= 0.3 is 285 Å². The normalized spacial score (nSPS) is 21.1. The summed E-state index contributed by atoms with van der Waals surface area (Å²) in [6.45, 7) is 45.4. The van der Waals surface area contributed by atoms with E-state index >= 15 is 0 Å². The molecule has 0 N–H and O–H groups in total. The van der Waals surface area contributed by atoms with Gasteiger partial charge in [-0.1, -0.05) is 0 Å². The van der Waals surface area contributed by atoms with E-state index in [1.807, 2.05) is 0 Å². The molecule has 2 aromatic carbocycles. The molecular formula is C42H67GeOP. The third-order valence-corrected chi connectivity index (χ3v) is 23.7. The average molecular weight is 692 g/mol. The van der Waals surface area contributed by atoms with Crippen LogP contribution in [0.4, 0.5) is 0 Å². The number of hydrogen-bond donors (Lipinski definition) is 0. The van der Waals surface area contributed by atoms with Gasteiger partial charge in [0.05, 0.1) is 0 Å². The maximum absolute atomic E-state index is 7.57. The Kier molecular flexibility index (Phi) is 11.1. The fraction of sp³-hybridized carbons (Fsp3) is 0.643. The summed E-state index contributed by atoms with van der Waals surface area (Å²) in [5.74, 6) is 1.37. The molecule has 0 saturated carbocycles. The van der Waals surface area contributed by atoms with E-state index in [-0.39, 0.29) is 26.6 Å². The maximum atomic E-state index is 7.57. The van der Waals surface area contributed by atoms with Gasteiger partial charge in [0.15, 0.2) is 0 Å². The van der Waals surface area contributed by atoms with Gasteiger partial charge in [0.2, 0.25) is 0 Å². The molecule has 3 rings (SSSR count). The first-order valence-electron chi connectivity index (χ1n) is 17.6. The molecule has 1 aliphatic heterocycles. The predicted octanol–water partition coefficient (Wildman–Crippen LogP) is 11.9. The standard InChI is InChI=1S/C42H67GeOP/c1-20-21-35-38(45-37-33(40(11,12)13)24-30(39(8,9)10)25-34(37)41(14,15)16)43(44-35,42(17,18)19)36-31(27(4)5)22-29(26(2)3)23-32(36)28(6)7/h20-28,35H,1-19H3/b21-20+. The van der Waals surface area contributed by atoms with Crippen molar-refractivity contribution in [3.63, 3.8) is 0 Å². The van der Waals surface area contributed by atoms with Crippen LogP contribution in [0.15, 0.2) is 36.4 Å². The summed E-state index contributed by atoms with van der Waals surface area (Å²) in [5.41, 5.74) is 9.07. The van der Waals surface area contributed by atoms with Crippen molar-refractivity contribution in [2.75, 3.05) is 0 Å². The molecule has 2 unspecified atom stereocenters. The molecule has 0 aliphatic carbocycles. The minimum absolute atomic E-state index is 0.0212. The number of allylic oxidation sites excluding steroid dienone is 1. The molecule has 0 amide bonds. The van der Waals surface area contributed by atoms with E-state index in [9.17, 15) is 0 Å². The molecule has 0 bridgehead atoms. The Balaban J connectivity index is 2.65. The van der Waals surface area contributed by atoms with Crippen LogP contribution in [0.1, 0.15) is 183 Å². The molecule has 1 heterocycles. The van der Waals surface area contributed by atoms with Gasteiger partial charge in [0.25, 0.3) is 0 Å². The van der Waals surface area contributed by atoms with Crippen LogP contribution in [0.3, 0.4) is 0 Å². The second-order valence-corrected chi connectivity index (χ2v) is 29.4. The Bertz CT molecular complexity index is 1380. The first-order valence-corrected chi connectivity index (χ1v) is 22.5. The summed E-state index contributed by atoms with van der Waals surface area (Å²) in [7, 11) is 1.37. The van der Waals surface area contributed by atoms with E-state index in [4.69, 9.17) is 3.76 Å². The van der Waals surface area contributed by atoms with E-state index in [1.165, 1.54) is 46.9 Å². The van der Waals surface area contributed by atoms with Crippen LogP contribution in [-0.4, -0.2) is 23.8 Å². The molecule has 1 saturated heterocycles. The summed E-state index contributed by atoms with van der Waals surface area (Å²) >= 11 is -3.42. The first kappa shape index (κ1) is 38.3. The third-order valence-electron chi connectivity index (χ3n) is 9.67. The monoisotopic (exact) mass is 692 g/mol. The molecule has 0 aromatic heterocycles. The van der Waals surface area contributed by atoms with Crippen molar-refractivity contribution in [1.82, 2.24) is 0 Å². The van der Waals surface area contributed by atoms with Crippen molar-refractivity contribution < 1.29 is 3.76 Å². The molecule has 0 spiro atoms. The quantitative estimate of drug-likeness (QED) is 0.166. The van der Waals surface area contributed by atoms with Crippen molar-refractivity contribution >= 4 is 35.6 Å². The van der Waals surface area contributed by atoms with Crippen molar-refractivity contribution in [3.05, 3.63) is 69.8 Å². The fourth-order valence-corrected chi connectivity index (χ4v) is 23.2. The Hall–Kier alpha value is -1.15. The van der Waals surface area contributed by atoms with Gasteiger partial charge in [-0.2, -0.15) is 0 Å². The topological polar surface area (TPSA) is 9.23 Å². The Morgan fingerprint density at radius 1 is 0.667 bits per heavy atom. The summed E-state index contributed by atoms with van der Waals surface area (Å²) in [6.07, 6.45) is 4.60. The van der Waals surface area contributed by atoms with Crippen LogP contribution >= 0.6 is 8.20 Å². The molecule has 250 valence electrons. The molecule has 1 nitrogen and oxygen atoms in total. The Morgan fingerprint density at radius 3 is 1.42 bits per heavy atom. The van der Waals surface area contributed by atoms with Gasteiger partial charge in [0.1, 0.15) is 0 Å². The third kappa shape index (κ3) is 7.47. The van der Waals surface area contributed by atoms with Gasteiger partial charge in [-0.25, -0.2) is 0 Å². The molecule has 45 heavy (non-hydrogen) atoms. The fourth-order valence-electron chi connectivity index (χ4n) is 6.83. The van der Waals surface area contributed by atoms with E-state index < -0.39 is 13.6 Å². The summed E-state index contributed by atoms with van der Waals surface area (Å²) in [5, 5.41) is 1.52. The van der Waals surface area contributed by atoms with Crippen LogP contribution in [0.2, 0.25) is 4.25 Å². The van der Waals surface area contributed by atoms with Crippen LogP contribution in [0, 0.1) is 0 Å². The summed E-state index contributed by atoms with van der Waals surface area (Å²) < 4.78 is 10.9. The minimum atomic E-state index is -3.42. The van der Waals surface area contributed by atoms with Gasteiger partial charge in [-0.05, 0) is 0 Å². The SMILES string of the molecule is C/C=C/C1[O][Ge]([c]2c(C(C)C)cc(C(C)C)cc2C(C)C)([C](C)(C)C)[C]1=Pc1c(C(C)(C)C)cc(C(C)(C)C)cc1C(C)(C)C. The van der Waals surface area contributed by atoms with Crippen molar-refractivity contribution in [1.29, 1.82) is 0 Å². The average Bonchev–Trinajstić information content (AvgIpc) is 2.85. The van der Waals surface area contributed by atoms with Crippen LogP contribution in [0.5, 0.6) is 0 Å². The zero-order valence-corrected chi connectivity index (χ0v) is 35.6. The zero-order valence-electron chi connectivity index (χ0n) is 32.6. The summed E-state index contributed by atoms with van der Waals surface area (Å²) in [6, 6.07) is 10.2. The molecule has 2 aromatic rings. The van der Waals surface area contributed by atoms with E-state index in [0.717, 1.165) is 0 Å². The van der Waals surface area contributed by atoms with Crippen LogP contribution in [0.25, 0.3) is 0 Å².